The van der Waals surface area contributed by atoms with E-state index in [4.69, 9.17) is 0 Å². The monoisotopic (exact) mass is 277 g/mol. The maximum Gasteiger partial charge on any atom is 0.270 e. The molecule has 20 heavy (non-hydrogen) atoms. The van der Waals surface area contributed by atoms with Crippen molar-refractivity contribution in [3.05, 3.63) is 18.0 Å². The van der Waals surface area contributed by atoms with Crippen molar-refractivity contribution in [3.63, 3.8) is 0 Å². The quantitative estimate of drug-likeness (QED) is 0.777. The van der Waals surface area contributed by atoms with Crippen LogP contribution in [-0.2, 0) is 4.79 Å². The highest BCUT2D eigenvalue weighted by Crippen LogP contribution is 2.10. The van der Waals surface area contributed by atoms with Crippen molar-refractivity contribution in [2.75, 3.05) is 31.1 Å². The fourth-order valence-corrected chi connectivity index (χ4v) is 1.99. The molecule has 0 aliphatic carbocycles. The number of piperazine rings is 1. The molecular weight excluding hydrogens is 258 g/mol. The van der Waals surface area contributed by atoms with Gasteiger partial charge in [-0.3, -0.25) is 9.59 Å². The molecule has 0 aromatic carbocycles. The van der Waals surface area contributed by atoms with Crippen molar-refractivity contribution in [1.29, 1.82) is 0 Å². The first-order valence-electron chi connectivity index (χ1n) is 6.68. The Morgan fingerprint density at radius 3 is 2.65 bits per heavy atom. The molecule has 0 radical (unpaired) electrons. The third-order valence-electron chi connectivity index (χ3n) is 3.04. The molecule has 7 nitrogen and oxygen atoms in total. The van der Waals surface area contributed by atoms with Crippen LogP contribution in [0.4, 0.5) is 5.95 Å². The lowest BCUT2D eigenvalue weighted by molar-refractivity contribution is -0.118. The minimum absolute atomic E-state index is 0.0667. The second-order valence-corrected chi connectivity index (χ2v) is 5.00. The minimum Gasteiger partial charge on any atom is -0.349 e. The van der Waals surface area contributed by atoms with Gasteiger partial charge in [0, 0.05) is 38.4 Å². The molecule has 1 aliphatic heterocycles. The lowest BCUT2D eigenvalue weighted by atomic mass is 10.3. The summed E-state index contributed by atoms with van der Waals surface area (Å²) in [5.41, 5.74) is 0.363. The van der Waals surface area contributed by atoms with Crippen molar-refractivity contribution in [1.82, 2.24) is 20.2 Å². The van der Waals surface area contributed by atoms with E-state index in [2.05, 4.69) is 15.3 Å². The van der Waals surface area contributed by atoms with Crippen LogP contribution < -0.4 is 10.2 Å². The summed E-state index contributed by atoms with van der Waals surface area (Å²) in [6.45, 7) is 6.45. The Hall–Kier alpha value is -2.18. The Balaban J connectivity index is 2.06. The van der Waals surface area contributed by atoms with Crippen LogP contribution in [0.25, 0.3) is 0 Å². The van der Waals surface area contributed by atoms with E-state index in [0.29, 0.717) is 37.8 Å². The summed E-state index contributed by atoms with van der Waals surface area (Å²) >= 11 is 0. The van der Waals surface area contributed by atoms with Crippen molar-refractivity contribution in [3.8, 4) is 0 Å². The average Bonchev–Trinajstić information content (AvgIpc) is 2.47. The highest BCUT2D eigenvalue weighted by Gasteiger charge is 2.19. The molecule has 0 atom stereocenters. The van der Waals surface area contributed by atoms with Gasteiger partial charge in [0.2, 0.25) is 12.4 Å². The lowest BCUT2D eigenvalue weighted by Crippen LogP contribution is -2.46. The molecule has 1 aromatic heterocycles. The van der Waals surface area contributed by atoms with Crippen LogP contribution in [-0.4, -0.2) is 59.4 Å². The van der Waals surface area contributed by atoms with Gasteiger partial charge in [0.05, 0.1) is 0 Å². The second-order valence-electron chi connectivity index (χ2n) is 5.00. The van der Waals surface area contributed by atoms with Gasteiger partial charge in [0.1, 0.15) is 5.69 Å². The molecule has 1 aliphatic rings. The fraction of sp³-hybridized carbons (Fsp3) is 0.538. The Bertz CT molecular complexity index is 483. The largest absolute Gasteiger partial charge is 0.349 e. The Morgan fingerprint density at radius 1 is 1.35 bits per heavy atom. The first-order chi connectivity index (χ1) is 9.60. The van der Waals surface area contributed by atoms with E-state index in [1.807, 2.05) is 18.7 Å². The normalized spacial score (nSPS) is 15.3. The zero-order chi connectivity index (χ0) is 14.5. The first kappa shape index (κ1) is 14.2. The molecule has 2 amide bonds. The smallest absolute Gasteiger partial charge is 0.270 e. The second kappa shape index (κ2) is 6.31. The number of rotatable bonds is 4. The Kier molecular flexibility index (Phi) is 4.49. The molecule has 2 rings (SSSR count). The van der Waals surface area contributed by atoms with Gasteiger partial charge in [-0.05, 0) is 19.9 Å². The highest BCUT2D eigenvalue weighted by atomic mass is 16.2. The first-order valence-corrected chi connectivity index (χ1v) is 6.68. The van der Waals surface area contributed by atoms with Crippen molar-refractivity contribution < 1.29 is 9.59 Å². The zero-order valence-corrected chi connectivity index (χ0v) is 11.7. The van der Waals surface area contributed by atoms with Gasteiger partial charge in [-0.25, -0.2) is 9.97 Å². The van der Waals surface area contributed by atoms with Crippen LogP contribution in [0.3, 0.4) is 0 Å². The van der Waals surface area contributed by atoms with Crippen LogP contribution in [0.2, 0.25) is 0 Å². The summed E-state index contributed by atoms with van der Waals surface area (Å²) in [6.07, 6.45) is 2.44. The SMILES string of the molecule is CC(C)NC(=O)c1ccnc(N2CCN(C=O)CC2)n1. The molecule has 108 valence electrons. The van der Waals surface area contributed by atoms with Gasteiger partial charge in [0.15, 0.2) is 0 Å². The third kappa shape index (κ3) is 3.43. The molecule has 0 bridgehead atoms. The molecule has 1 N–H and O–H groups in total. The summed E-state index contributed by atoms with van der Waals surface area (Å²) in [5, 5.41) is 2.80. The predicted molar refractivity (Wildman–Crippen MR) is 74.5 cm³/mol. The number of anilines is 1. The summed E-state index contributed by atoms with van der Waals surface area (Å²) in [7, 11) is 0. The van der Waals surface area contributed by atoms with Crippen molar-refractivity contribution in [2.45, 2.75) is 19.9 Å². The maximum atomic E-state index is 11.9. The number of nitrogens with one attached hydrogen (secondary N) is 1. The molecule has 0 spiro atoms. The summed E-state index contributed by atoms with van der Waals surface area (Å²) < 4.78 is 0. The Morgan fingerprint density at radius 2 is 2.05 bits per heavy atom. The molecule has 7 heteroatoms. The summed E-state index contributed by atoms with van der Waals surface area (Å²) in [4.78, 5) is 34.8. The molecule has 1 fully saturated rings. The topological polar surface area (TPSA) is 78.4 Å². The van der Waals surface area contributed by atoms with E-state index < -0.39 is 0 Å². The van der Waals surface area contributed by atoms with Crippen LogP contribution in [0.1, 0.15) is 24.3 Å². The highest BCUT2D eigenvalue weighted by molar-refractivity contribution is 5.92. The van der Waals surface area contributed by atoms with Crippen LogP contribution in [0.15, 0.2) is 12.3 Å². The van der Waals surface area contributed by atoms with Crippen LogP contribution in [0, 0.1) is 0 Å². The standard InChI is InChI=1S/C13H19N5O2/c1-10(2)15-12(20)11-3-4-14-13(16-11)18-7-5-17(9-19)6-8-18/h3-4,9-10H,5-8H2,1-2H3,(H,15,20). The van der Waals surface area contributed by atoms with Gasteiger partial charge in [-0.2, -0.15) is 0 Å². The van der Waals surface area contributed by atoms with E-state index in [-0.39, 0.29) is 11.9 Å². The third-order valence-corrected chi connectivity index (χ3v) is 3.04. The number of nitrogens with zero attached hydrogens (tertiary/aromatic N) is 4. The van der Waals surface area contributed by atoms with Gasteiger partial charge in [0.25, 0.3) is 5.91 Å². The number of carbonyl (C=O) groups excluding carboxylic acids is 2. The van der Waals surface area contributed by atoms with E-state index in [1.165, 1.54) is 0 Å². The Labute approximate surface area is 118 Å². The van der Waals surface area contributed by atoms with E-state index in [0.717, 1.165) is 6.41 Å². The van der Waals surface area contributed by atoms with Gasteiger partial charge < -0.3 is 15.1 Å². The average molecular weight is 277 g/mol. The van der Waals surface area contributed by atoms with Gasteiger partial charge in [-0.1, -0.05) is 0 Å². The number of amides is 2. The predicted octanol–water partition coefficient (Wildman–Crippen LogP) is -0.107. The summed E-state index contributed by atoms with van der Waals surface area (Å²) in [6, 6.07) is 1.67. The van der Waals surface area contributed by atoms with Crippen molar-refractivity contribution >= 4 is 18.3 Å². The molecular formula is C13H19N5O2. The van der Waals surface area contributed by atoms with E-state index in [1.54, 1.807) is 17.2 Å². The van der Waals surface area contributed by atoms with E-state index in [9.17, 15) is 9.59 Å². The maximum absolute atomic E-state index is 11.9. The number of carbonyl (C=O) groups is 2. The lowest BCUT2D eigenvalue weighted by Gasteiger charge is -2.32. The van der Waals surface area contributed by atoms with Crippen molar-refractivity contribution in [2.24, 2.45) is 0 Å². The fourth-order valence-electron chi connectivity index (χ4n) is 1.99. The number of aromatic nitrogens is 2. The number of hydrogen-bond acceptors (Lipinski definition) is 5. The van der Waals surface area contributed by atoms with Gasteiger partial charge >= 0.3 is 0 Å². The van der Waals surface area contributed by atoms with Gasteiger partial charge in [-0.15, -0.1) is 0 Å². The number of hydrogen-bond donors (Lipinski definition) is 1. The van der Waals surface area contributed by atoms with E-state index >= 15 is 0 Å². The molecule has 1 aromatic rings. The van der Waals surface area contributed by atoms with Crippen LogP contribution in [0.5, 0.6) is 0 Å². The van der Waals surface area contributed by atoms with Crippen LogP contribution >= 0.6 is 0 Å². The summed E-state index contributed by atoms with van der Waals surface area (Å²) in [5.74, 6) is 0.335. The molecule has 2 heterocycles. The zero-order valence-electron chi connectivity index (χ0n) is 11.7. The molecule has 0 saturated carbocycles. The minimum atomic E-state index is -0.199. The molecule has 1 saturated heterocycles. The molecule has 0 unspecified atom stereocenters.